The quantitative estimate of drug-likeness (QED) is 0.915. The van der Waals surface area contributed by atoms with Crippen molar-refractivity contribution < 1.29 is 9.59 Å². The number of carbonyl (C=O) groups is 2. The van der Waals surface area contributed by atoms with Crippen LogP contribution in [0.25, 0.3) is 0 Å². The first-order valence-corrected chi connectivity index (χ1v) is 8.07. The molecule has 1 saturated carbocycles. The molecule has 1 aliphatic carbocycles. The average Bonchev–Trinajstić information content (AvgIpc) is 2.75. The molecule has 0 bridgehead atoms. The van der Waals surface area contributed by atoms with Gasteiger partial charge in [0, 0.05) is 23.5 Å². The maximum Gasteiger partial charge on any atom is 0.262 e. The summed E-state index contributed by atoms with van der Waals surface area (Å²) in [6, 6.07) is 2.21. The van der Waals surface area contributed by atoms with Crippen molar-refractivity contribution in [2.24, 2.45) is 5.92 Å². The summed E-state index contributed by atoms with van der Waals surface area (Å²) in [4.78, 5) is 26.6. The molecule has 1 N–H and O–H groups in total. The Labute approximate surface area is 124 Å². The van der Waals surface area contributed by atoms with Gasteiger partial charge in [0.15, 0.2) is 0 Å². The summed E-state index contributed by atoms with van der Waals surface area (Å²) < 4.78 is 0.812. The molecule has 0 unspecified atom stereocenters. The molecule has 2 heterocycles. The molecule has 102 valence electrons. The Morgan fingerprint density at radius 2 is 2.32 bits per heavy atom. The van der Waals surface area contributed by atoms with Gasteiger partial charge in [0.05, 0.1) is 6.04 Å². The summed E-state index contributed by atoms with van der Waals surface area (Å²) in [6.07, 6.45) is 1.53. The highest BCUT2D eigenvalue weighted by atomic mass is 79.9. The molecular weight excluding hydrogens is 328 g/mol. The number of thiophene rings is 1. The molecular formula is C13H15BrN2O2S. The Bertz CT molecular complexity index is 530. The Morgan fingerprint density at radius 3 is 2.89 bits per heavy atom. The number of amides is 2. The van der Waals surface area contributed by atoms with Crippen LogP contribution in [0.3, 0.4) is 0 Å². The van der Waals surface area contributed by atoms with Crippen LogP contribution in [0.1, 0.15) is 29.4 Å². The molecule has 1 aromatic rings. The zero-order valence-corrected chi connectivity index (χ0v) is 13.0. The van der Waals surface area contributed by atoms with Crippen molar-refractivity contribution in [1.29, 1.82) is 0 Å². The molecule has 6 heteroatoms. The second-order valence-electron chi connectivity index (χ2n) is 5.30. The van der Waals surface area contributed by atoms with E-state index in [0.717, 1.165) is 10.9 Å². The van der Waals surface area contributed by atoms with Gasteiger partial charge in [0.25, 0.3) is 5.91 Å². The Balaban J connectivity index is 1.61. The Kier molecular flexibility index (Phi) is 3.39. The van der Waals surface area contributed by atoms with Crippen LogP contribution in [-0.2, 0) is 4.79 Å². The minimum atomic E-state index is -0.0922. The minimum absolute atomic E-state index is 0.0539. The number of likely N-dealkylation sites (tertiary alicyclic amines) is 1. The van der Waals surface area contributed by atoms with Crippen molar-refractivity contribution in [3.05, 3.63) is 20.8 Å². The molecule has 3 rings (SSSR count). The fourth-order valence-corrected chi connectivity index (χ4v) is 4.05. The third kappa shape index (κ3) is 2.56. The van der Waals surface area contributed by atoms with E-state index in [0.29, 0.717) is 29.8 Å². The highest BCUT2D eigenvalue weighted by Crippen LogP contribution is 2.37. The largest absolute Gasteiger partial charge is 0.346 e. The maximum absolute atomic E-state index is 12.1. The molecule has 3 atom stereocenters. The van der Waals surface area contributed by atoms with Gasteiger partial charge in [-0.3, -0.25) is 9.59 Å². The molecule has 1 aliphatic heterocycles. The van der Waals surface area contributed by atoms with Crippen molar-refractivity contribution in [3.8, 4) is 0 Å². The first-order chi connectivity index (χ1) is 9.06. The second-order valence-corrected chi connectivity index (χ2v) is 7.07. The van der Waals surface area contributed by atoms with Gasteiger partial charge in [-0.1, -0.05) is 6.92 Å². The van der Waals surface area contributed by atoms with E-state index >= 15 is 0 Å². The molecule has 0 aromatic carbocycles. The van der Waals surface area contributed by atoms with Gasteiger partial charge in [-0.2, -0.15) is 0 Å². The topological polar surface area (TPSA) is 49.4 Å². The highest BCUT2D eigenvalue weighted by molar-refractivity contribution is 9.10. The van der Waals surface area contributed by atoms with Crippen LogP contribution in [0.5, 0.6) is 0 Å². The smallest absolute Gasteiger partial charge is 0.262 e. The van der Waals surface area contributed by atoms with Crippen LogP contribution in [0.4, 0.5) is 0 Å². The lowest BCUT2D eigenvalue weighted by atomic mass is 10.2. The van der Waals surface area contributed by atoms with Gasteiger partial charge in [-0.15, -0.1) is 11.3 Å². The lowest BCUT2D eigenvalue weighted by Crippen LogP contribution is -2.37. The number of hydrogen-bond acceptors (Lipinski definition) is 3. The first-order valence-electron chi connectivity index (χ1n) is 6.39. The Morgan fingerprint density at radius 1 is 1.58 bits per heavy atom. The van der Waals surface area contributed by atoms with E-state index in [1.807, 2.05) is 16.3 Å². The summed E-state index contributed by atoms with van der Waals surface area (Å²) in [5, 5.41) is 4.83. The number of hydrogen-bond donors (Lipinski definition) is 1. The van der Waals surface area contributed by atoms with Crippen molar-refractivity contribution in [2.45, 2.75) is 31.8 Å². The molecule has 4 nitrogen and oxygen atoms in total. The summed E-state index contributed by atoms with van der Waals surface area (Å²) in [5.41, 5.74) is 0. The van der Waals surface area contributed by atoms with Crippen LogP contribution in [0, 0.1) is 5.92 Å². The Hall–Kier alpha value is -0.880. The first kappa shape index (κ1) is 13.1. The zero-order chi connectivity index (χ0) is 13.6. The maximum atomic E-state index is 12.1. The van der Waals surface area contributed by atoms with Gasteiger partial charge in [-0.25, -0.2) is 0 Å². The second kappa shape index (κ2) is 4.90. The summed E-state index contributed by atoms with van der Waals surface area (Å²) in [6.45, 7) is 2.81. The highest BCUT2D eigenvalue weighted by Gasteiger charge is 2.44. The van der Waals surface area contributed by atoms with E-state index in [4.69, 9.17) is 0 Å². The average molecular weight is 343 g/mol. The summed E-state index contributed by atoms with van der Waals surface area (Å²) >= 11 is 4.76. The van der Waals surface area contributed by atoms with Crippen LogP contribution < -0.4 is 5.32 Å². The lowest BCUT2D eigenvalue weighted by Gasteiger charge is -2.16. The number of carbonyl (C=O) groups excluding carboxylic acids is 2. The normalized spacial score (nSPS) is 29.7. The van der Waals surface area contributed by atoms with E-state index in [-0.39, 0.29) is 17.9 Å². The minimum Gasteiger partial charge on any atom is -0.346 e. The molecule has 0 spiro atoms. The predicted molar refractivity (Wildman–Crippen MR) is 77.2 cm³/mol. The molecule has 0 radical (unpaired) electrons. The third-order valence-corrected chi connectivity index (χ3v) is 5.62. The number of nitrogens with zero attached hydrogens (tertiary/aromatic N) is 1. The third-order valence-electron chi connectivity index (χ3n) is 3.78. The van der Waals surface area contributed by atoms with Gasteiger partial charge >= 0.3 is 0 Å². The van der Waals surface area contributed by atoms with Crippen molar-refractivity contribution in [3.63, 3.8) is 0 Å². The fraction of sp³-hybridized carbons (Fsp3) is 0.538. The van der Waals surface area contributed by atoms with Crippen LogP contribution >= 0.6 is 27.3 Å². The number of nitrogens with one attached hydrogen (secondary N) is 1. The van der Waals surface area contributed by atoms with Crippen LogP contribution in [-0.4, -0.2) is 35.3 Å². The van der Waals surface area contributed by atoms with Crippen molar-refractivity contribution >= 4 is 39.1 Å². The van der Waals surface area contributed by atoms with E-state index in [1.54, 1.807) is 0 Å². The van der Waals surface area contributed by atoms with Crippen LogP contribution in [0.2, 0.25) is 0 Å². The van der Waals surface area contributed by atoms with E-state index in [1.165, 1.54) is 11.3 Å². The van der Waals surface area contributed by atoms with E-state index < -0.39 is 0 Å². The fourth-order valence-electron chi connectivity index (χ4n) is 2.59. The van der Waals surface area contributed by atoms with E-state index in [9.17, 15) is 9.59 Å². The van der Waals surface area contributed by atoms with Gasteiger partial charge in [-0.05, 0) is 39.7 Å². The van der Waals surface area contributed by atoms with Gasteiger partial charge in [0.2, 0.25) is 5.91 Å². The van der Waals surface area contributed by atoms with Crippen molar-refractivity contribution in [2.75, 3.05) is 6.54 Å². The summed E-state index contributed by atoms with van der Waals surface area (Å²) in [5.74, 6) is 0.695. The molecule has 1 aromatic heterocycles. The van der Waals surface area contributed by atoms with E-state index in [2.05, 4.69) is 28.2 Å². The monoisotopic (exact) mass is 342 g/mol. The van der Waals surface area contributed by atoms with Crippen molar-refractivity contribution in [1.82, 2.24) is 10.2 Å². The molecule has 2 amide bonds. The number of rotatable bonds is 3. The molecule has 1 saturated heterocycles. The lowest BCUT2D eigenvalue weighted by molar-refractivity contribution is -0.128. The number of halogens is 1. The molecule has 2 fully saturated rings. The van der Waals surface area contributed by atoms with Gasteiger partial charge < -0.3 is 10.2 Å². The van der Waals surface area contributed by atoms with Crippen LogP contribution in [0.15, 0.2) is 15.9 Å². The van der Waals surface area contributed by atoms with Gasteiger partial charge in [0.1, 0.15) is 4.88 Å². The SMILES string of the molecule is C[C@H]1C[C@@H]1N1C[C@@H](NC(=O)c2sccc2Br)CC1=O. The standard InChI is InChI=1S/C13H15BrN2O2S/c1-7-4-10(7)16-6-8(5-11(16)17)15-13(18)12-9(14)2-3-19-12/h2-3,7-8,10H,4-6H2,1H3,(H,15,18)/t7-,8-,10-/m0/s1. The molecule has 19 heavy (non-hydrogen) atoms. The molecule has 2 aliphatic rings. The predicted octanol–water partition coefficient (Wildman–Crippen LogP) is 2.25. The zero-order valence-electron chi connectivity index (χ0n) is 10.6. The summed E-state index contributed by atoms with van der Waals surface area (Å²) in [7, 11) is 0.